The summed E-state index contributed by atoms with van der Waals surface area (Å²) < 4.78 is 0. The standard InChI is InChI=1S/C19H36/c1-17-13-15-19(16-14-17)12-6-3-2-5-9-18-10-7-4-8-11-18/h17-19H,2-16H2,1H3. The molecule has 0 bridgehead atoms. The van der Waals surface area contributed by atoms with E-state index < -0.39 is 0 Å². The van der Waals surface area contributed by atoms with Crippen LogP contribution in [0.4, 0.5) is 0 Å². The van der Waals surface area contributed by atoms with Gasteiger partial charge in [-0.2, -0.15) is 0 Å². The zero-order chi connectivity index (χ0) is 13.3. The second-order valence-electron chi connectivity index (χ2n) is 7.62. The van der Waals surface area contributed by atoms with Gasteiger partial charge in [-0.15, -0.1) is 0 Å². The van der Waals surface area contributed by atoms with Gasteiger partial charge in [0.05, 0.1) is 0 Å². The molecule has 2 aliphatic rings. The van der Waals surface area contributed by atoms with Crippen molar-refractivity contribution in [3.63, 3.8) is 0 Å². The van der Waals surface area contributed by atoms with Gasteiger partial charge in [-0.05, 0) is 17.8 Å². The highest BCUT2D eigenvalue weighted by atomic mass is 14.2. The van der Waals surface area contributed by atoms with Crippen molar-refractivity contribution in [2.24, 2.45) is 17.8 Å². The van der Waals surface area contributed by atoms with Gasteiger partial charge in [0, 0.05) is 0 Å². The fraction of sp³-hybridized carbons (Fsp3) is 1.00. The van der Waals surface area contributed by atoms with Gasteiger partial charge >= 0.3 is 0 Å². The van der Waals surface area contributed by atoms with E-state index in [1.54, 1.807) is 19.3 Å². The van der Waals surface area contributed by atoms with Gasteiger partial charge in [-0.25, -0.2) is 0 Å². The van der Waals surface area contributed by atoms with Crippen molar-refractivity contribution < 1.29 is 0 Å². The quantitative estimate of drug-likeness (QED) is 0.447. The summed E-state index contributed by atoms with van der Waals surface area (Å²) in [5, 5.41) is 0. The molecule has 0 spiro atoms. The SMILES string of the molecule is CC1CCC(CCCCCCC2CCCCC2)CC1. The number of rotatable bonds is 7. The van der Waals surface area contributed by atoms with Crippen LogP contribution in [0, 0.1) is 17.8 Å². The average Bonchev–Trinajstić information content (AvgIpc) is 2.46. The summed E-state index contributed by atoms with van der Waals surface area (Å²) in [4.78, 5) is 0. The third-order valence-corrected chi connectivity index (χ3v) is 5.83. The first-order valence-corrected chi connectivity index (χ1v) is 9.34. The fourth-order valence-electron chi connectivity index (χ4n) is 4.31. The molecule has 2 aliphatic carbocycles. The molecule has 2 rings (SSSR count). The lowest BCUT2D eigenvalue weighted by atomic mass is 9.80. The monoisotopic (exact) mass is 264 g/mol. The maximum Gasteiger partial charge on any atom is -0.0414 e. The molecule has 0 unspecified atom stereocenters. The second-order valence-corrected chi connectivity index (χ2v) is 7.62. The Morgan fingerprint density at radius 3 is 1.68 bits per heavy atom. The lowest BCUT2D eigenvalue weighted by molar-refractivity contribution is 0.270. The van der Waals surface area contributed by atoms with Gasteiger partial charge in [0.1, 0.15) is 0 Å². The molecule has 0 amide bonds. The van der Waals surface area contributed by atoms with Crippen LogP contribution in [0.15, 0.2) is 0 Å². The predicted molar refractivity (Wildman–Crippen MR) is 85.4 cm³/mol. The first kappa shape index (κ1) is 15.4. The van der Waals surface area contributed by atoms with Crippen LogP contribution in [0.3, 0.4) is 0 Å². The van der Waals surface area contributed by atoms with Crippen LogP contribution in [0.5, 0.6) is 0 Å². The van der Waals surface area contributed by atoms with Crippen LogP contribution in [-0.4, -0.2) is 0 Å². The highest BCUT2D eigenvalue weighted by Crippen LogP contribution is 2.32. The molecular weight excluding hydrogens is 228 g/mol. The van der Waals surface area contributed by atoms with Crippen LogP contribution in [0.1, 0.15) is 103 Å². The lowest BCUT2D eigenvalue weighted by Gasteiger charge is -2.26. The molecule has 2 saturated carbocycles. The number of hydrogen-bond donors (Lipinski definition) is 0. The van der Waals surface area contributed by atoms with E-state index in [4.69, 9.17) is 0 Å². The van der Waals surface area contributed by atoms with Crippen molar-refractivity contribution in [2.45, 2.75) is 103 Å². The molecule has 0 saturated heterocycles. The van der Waals surface area contributed by atoms with Gasteiger partial charge < -0.3 is 0 Å². The van der Waals surface area contributed by atoms with Crippen LogP contribution >= 0.6 is 0 Å². The molecule has 19 heavy (non-hydrogen) atoms. The Hall–Kier alpha value is 0. The normalized spacial score (nSPS) is 29.5. The molecule has 0 aromatic rings. The molecule has 2 fully saturated rings. The van der Waals surface area contributed by atoms with E-state index >= 15 is 0 Å². The molecule has 0 nitrogen and oxygen atoms in total. The molecule has 0 aromatic heterocycles. The van der Waals surface area contributed by atoms with Crippen molar-refractivity contribution >= 4 is 0 Å². The van der Waals surface area contributed by atoms with Crippen molar-refractivity contribution in [3.8, 4) is 0 Å². The van der Waals surface area contributed by atoms with E-state index in [-0.39, 0.29) is 0 Å². The minimum Gasteiger partial charge on any atom is -0.0625 e. The molecule has 0 N–H and O–H groups in total. The van der Waals surface area contributed by atoms with Gasteiger partial charge in [0.25, 0.3) is 0 Å². The highest BCUT2D eigenvalue weighted by Gasteiger charge is 2.17. The van der Waals surface area contributed by atoms with E-state index in [1.807, 2.05) is 0 Å². The first-order chi connectivity index (χ1) is 9.34. The average molecular weight is 264 g/mol. The summed E-state index contributed by atoms with van der Waals surface area (Å²) >= 11 is 0. The molecule has 0 radical (unpaired) electrons. The number of hydrogen-bond acceptors (Lipinski definition) is 0. The van der Waals surface area contributed by atoms with Crippen molar-refractivity contribution in [1.29, 1.82) is 0 Å². The molecule has 0 heteroatoms. The third kappa shape index (κ3) is 6.32. The van der Waals surface area contributed by atoms with Gasteiger partial charge in [-0.3, -0.25) is 0 Å². The topological polar surface area (TPSA) is 0 Å². The molecule has 112 valence electrons. The van der Waals surface area contributed by atoms with E-state index in [1.165, 1.54) is 77.0 Å². The van der Waals surface area contributed by atoms with Gasteiger partial charge in [0.2, 0.25) is 0 Å². The summed E-state index contributed by atoms with van der Waals surface area (Å²) in [6.07, 6.45) is 22.9. The van der Waals surface area contributed by atoms with Crippen molar-refractivity contribution in [2.75, 3.05) is 0 Å². The molecule has 0 aromatic carbocycles. The Bertz CT molecular complexity index is 206. The number of unbranched alkanes of at least 4 members (excludes halogenated alkanes) is 3. The van der Waals surface area contributed by atoms with Crippen molar-refractivity contribution in [1.82, 2.24) is 0 Å². The smallest absolute Gasteiger partial charge is 0.0414 e. The van der Waals surface area contributed by atoms with Crippen molar-refractivity contribution in [3.05, 3.63) is 0 Å². The van der Waals surface area contributed by atoms with E-state index in [9.17, 15) is 0 Å². The zero-order valence-corrected chi connectivity index (χ0v) is 13.3. The summed E-state index contributed by atoms with van der Waals surface area (Å²) in [5.74, 6) is 3.22. The fourth-order valence-corrected chi connectivity index (χ4v) is 4.31. The predicted octanol–water partition coefficient (Wildman–Crippen LogP) is 6.73. The molecule has 0 atom stereocenters. The maximum atomic E-state index is 2.43. The summed E-state index contributed by atoms with van der Waals surface area (Å²) in [7, 11) is 0. The zero-order valence-electron chi connectivity index (χ0n) is 13.3. The maximum absolute atomic E-state index is 2.43. The molecule has 0 aliphatic heterocycles. The Morgan fingerprint density at radius 1 is 0.579 bits per heavy atom. The van der Waals surface area contributed by atoms with Gasteiger partial charge in [0.15, 0.2) is 0 Å². The summed E-state index contributed by atoms with van der Waals surface area (Å²) in [5.41, 5.74) is 0. The van der Waals surface area contributed by atoms with E-state index in [0.29, 0.717) is 0 Å². The van der Waals surface area contributed by atoms with Crippen LogP contribution in [0.2, 0.25) is 0 Å². The van der Waals surface area contributed by atoms with Gasteiger partial charge in [-0.1, -0.05) is 103 Å². The summed E-state index contributed by atoms with van der Waals surface area (Å²) in [6.45, 7) is 2.43. The lowest BCUT2D eigenvalue weighted by Crippen LogP contribution is -2.12. The van der Waals surface area contributed by atoms with E-state index in [0.717, 1.165) is 17.8 Å². The third-order valence-electron chi connectivity index (χ3n) is 5.83. The van der Waals surface area contributed by atoms with Crippen LogP contribution in [0.25, 0.3) is 0 Å². The highest BCUT2D eigenvalue weighted by molar-refractivity contribution is 4.70. The first-order valence-electron chi connectivity index (χ1n) is 9.34. The minimum absolute atomic E-state index is 1.02. The summed E-state index contributed by atoms with van der Waals surface area (Å²) in [6, 6.07) is 0. The second kappa shape index (κ2) is 9.03. The van der Waals surface area contributed by atoms with Crippen LogP contribution in [-0.2, 0) is 0 Å². The minimum atomic E-state index is 1.02. The Balaban J connectivity index is 1.39. The Morgan fingerprint density at radius 2 is 1.11 bits per heavy atom. The van der Waals surface area contributed by atoms with E-state index in [2.05, 4.69) is 6.92 Å². The largest absolute Gasteiger partial charge is 0.0625 e. The Kier molecular flexibility index (Phi) is 7.32. The molecular formula is C19H36. The molecule has 0 heterocycles. The Labute approximate surface area is 121 Å². The van der Waals surface area contributed by atoms with Crippen LogP contribution < -0.4 is 0 Å².